The van der Waals surface area contributed by atoms with Crippen LogP contribution in [0.1, 0.15) is 12.8 Å². The van der Waals surface area contributed by atoms with E-state index in [2.05, 4.69) is 10.6 Å². The van der Waals surface area contributed by atoms with E-state index in [0.29, 0.717) is 10.8 Å². The van der Waals surface area contributed by atoms with Crippen molar-refractivity contribution in [2.24, 2.45) is 0 Å². The quantitative estimate of drug-likeness (QED) is 0.176. The van der Waals surface area contributed by atoms with Crippen molar-refractivity contribution in [3.63, 3.8) is 0 Å². The van der Waals surface area contributed by atoms with Gasteiger partial charge in [-0.05, 0) is 24.3 Å². The molecule has 4 aromatic carbocycles. The van der Waals surface area contributed by atoms with Crippen molar-refractivity contribution in [3.8, 4) is 0 Å². The van der Waals surface area contributed by atoms with Crippen molar-refractivity contribution in [1.82, 2.24) is 0 Å². The van der Waals surface area contributed by atoms with Crippen LogP contribution in [0, 0.1) is 0 Å². The summed E-state index contributed by atoms with van der Waals surface area (Å²) in [5.41, 5.74) is 0.563. The molecule has 38 heavy (non-hydrogen) atoms. The van der Waals surface area contributed by atoms with Crippen LogP contribution in [0.25, 0.3) is 21.5 Å². The van der Waals surface area contributed by atoms with Crippen molar-refractivity contribution < 1.29 is 94.6 Å². The third kappa shape index (κ3) is 7.42. The first-order chi connectivity index (χ1) is 16.9. The van der Waals surface area contributed by atoms with E-state index in [0.717, 1.165) is 12.1 Å². The number of carbonyl (C=O) groups excluding carboxylic acids is 2. The summed E-state index contributed by atoms with van der Waals surface area (Å²) in [5.74, 6) is -1.05. The molecule has 0 aliphatic carbocycles. The van der Waals surface area contributed by atoms with Gasteiger partial charge in [0, 0.05) is 45.8 Å². The molecular formula is C24H18N2Na2O8S2. The molecule has 0 saturated carbocycles. The Morgan fingerprint density at radius 3 is 1.18 bits per heavy atom. The molecule has 0 spiro atoms. The van der Waals surface area contributed by atoms with E-state index in [-0.39, 0.29) is 94.1 Å². The third-order valence-electron chi connectivity index (χ3n) is 5.43. The van der Waals surface area contributed by atoms with Gasteiger partial charge in [0.05, 0.1) is 9.79 Å². The van der Waals surface area contributed by atoms with E-state index in [4.69, 9.17) is 0 Å². The van der Waals surface area contributed by atoms with Gasteiger partial charge in [-0.25, -0.2) is 16.8 Å². The van der Waals surface area contributed by atoms with Gasteiger partial charge in [0.25, 0.3) is 0 Å². The summed E-state index contributed by atoms with van der Waals surface area (Å²) < 4.78 is 69.1. The van der Waals surface area contributed by atoms with Gasteiger partial charge in [-0.1, -0.05) is 48.5 Å². The maximum atomic E-state index is 12.5. The molecule has 0 fully saturated rings. The van der Waals surface area contributed by atoms with Crippen LogP contribution in [0.4, 0.5) is 11.4 Å². The average molecular weight is 573 g/mol. The first-order valence-corrected chi connectivity index (χ1v) is 13.3. The molecule has 0 heterocycles. The summed E-state index contributed by atoms with van der Waals surface area (Å²) in [6, 6.07) is 17.3. The Morgan fingerprint density at radius 1 is 0.553 bits per heavy atom. The van der Waals surface area contributed by atoms with E-state index in [1.807, 2.05) is 0 Å². The Hall–Kier alpha value is -1.84. The van der Waals surface area contributed by atoms with Crippen molar-refractivity contribution in [2.45, 2.75) is 22.6 Å². The Balaban J connectivity index is 0.00000253. The standard InChI is InChI=1S/C24H20N2O8S2.2Na/c27-23(25-19-9-11-21(35(29,30)31)17-7-3-1-5-15(17)19)13-14-24(28)26-20-10-12-22(36(32,33)34)18-8-4-2-6-16(18)20;;/h1-12H,13-14H2,(H,25,27)(H,26,28)(H,29,30,31)(H,32,33,34);;/q;2*+1/p-2. The van der Waals surface area contributed by atoms with Crippen LogP contribution < -0.4 is 69.7 Å². The zero-order valence-electron chi connectivity index (χ0n) is 20.4. The van der Waals surface area contributed by atoms with Gasteiger partial charge in [-0.3, -0.25) is 9.59 Å². The smallest absolute Gasteiger partial charge is 0.744 e. The van der Waals surface area contributed by atoms with Crippen LogP contribution >= 0.6 is 0 Å². The van der Waals surface area contributed by atoms with Gasteiger partial charge in [0.15, 0.2) is 0 Å². The zero-order chi connectivity index (χ0) is 26.1. The summed E-state index contributed by atoms with van der Waals surface area (Å²) in [6.07, 6.45) is -0.431. The minimum atomic E-state index is -4.72. The second-order valence-corrected chi connectivity index (χ2v) is 10.5. The van der Waals surface area contributed by atoms with Gasteiger partial charge in [-0.2, -0.15) is 0 Å². The van der Waals surface area contributed by atoms with Crippen LogP contribution in [0.3, 0.4) is 0 Å². The molecule has 186 valence electrons. The maximum absolute atomic E-state index is 12.5. The monoisotopic (exact) mass is 572 g/mol. The predicted molar refractivity (Wildman–Crippen MR) is 130 cm³/mol. The topological polar surface area (TPSA) is 173 Å². The van der Waals surface area contributed by atoms with E-state index < -0.39 is 41.8 Å². The largest absolute Gasteiger partial charge is 1.00 e. The molecule has 2 amide bonds. The summed E-state index contributed by atoms with van der Waals surface area (Å²) in [6.45, 7) is 0. The minimum Gasteiger partial charge on any atom is -0.744 e. The molecule has 0 radical (unpaired) electrons. The van der Waals surface area contributed by atoms with Crippen LogP contribution in [0.15, 0.2) is 82.6 Å². The number of hydrogen-bond donors (Lipinski definition) is 2. The van der Waals surface area contributed by atoms with Crippen LogP contribution in [-0.2, 0) is 29.8 Å². The molecule has 4 aromatic rings. The molecule has 0 atom stereocenters. The number of nitrogens with one attached hydrogen (secondary N) is 2. The Labute approximate surface area is 263 Å². The van der Waals surface area contributed by atoms with Gasteiger partial charge >= 0.3 is 59.1 Å². The third-order valence-corrected chi connectivity index (χ3v) is 7.22. The molecule has 0 aromatic heterocycles. The molecular weight excluding hydrogens is 554 g/mol. The van der Waals surface area contributed by atoms with Crippen molar-refractivity contribution >= 4 is 65.0 Å². The van der Waals surface area contributed by atoms with E-state index in [1.165, 1.54) is 24.3 Å². The van der Waals surface area contributed by atoms with E-state index >= 15 is 0 Å². The molecule has 4 rings (SSSR count). The summed E-state index contributed by atoms with van der Waals surface area (Å²) in [5, 5.41) is 6.28. The number of hydrogen-bond acceptors (Lipinski definition) is 8. The maximum Gasteiger partial charge on any atom is 1.00 e. The fourth-order valence-corrected chi connectivity index (χ4v) is 5.21. The SMILES string of the molecule is O=C(CCC(=O)Nc1ccc(S(=O)(=O)[O-])c2ccccc12)Nc1ccc(S(=O)(=O)[O-])c2ccccc12.[Na+].[Na+]. The molecule has 0 aliphatic heterocycles. The molecule has 10 nitrogen and oxygen atoms in total. The predicted octanol–water partition coefficient (Wildman–Crippen LogP) is -2.83. The van der Waals surface area contributed by atoms with Gasteiger partial charge in [-0.15, -0.1) is 0 Å². The average Bonchev–Trinajstić information content (AvgIpc) is 2.81. The van der Waals surface area contributed by atoms with Gasteiger partial charge in [0.1, 0.15) is 20.2 Å². The number of carbonyl (C=O) groups is 2. The molecule has 0 unspecified atom stereocenters. The first kappa shape index (κ1) is 32.4. The fraction of sp³-hybridized carbons (Fsp3) is 0.0833. The fourth-order valence-electron chi connectivity index (χ4n) is 3.85. The second-order valence-electron chi connectivity index (χ2n) is 7.82. The van der Waals surface area contributed by atoms with E-state index in [9.17, 15) is 35.5 Å². The van der Waals surface area contributed by atoms with Crippen molar-refractivity contribution in [3.05, 3.63) is 72.8 Å². The van der Waals surface area contributed by atoms with Gasteiger partial charge < -0.3 is 19.7 Å². The number of anilines is 2. The van der Waals surface area contributed by atoms with Crippen LogP contribution in [0.5, 0.6) is 0 Å². The van der Waals surface area contributed by atoms with Crippen LogP contribution in [-0.4, -0.2) is 37.8 Å². The summed E-state index contributed by atoms with van der Waals surface area (Å²) in [4.78, 5) is 24.2. The zero-order valence-corrected chi connectivity index (χ0v) is 26.1. The van der Waals surface area contributed by atoms with Gasteiger partial charge in [0.2, 0.25) is 11.8 Å². The number of amides is 2. The minimum absolute atomic E-state index is 0. The second kappa shape index (κ2) is 13.0. The normalized spacial score (nSPS) is 11.3. The summed E-state index contributed by atoms with van der Waals surface area (Å²) in [7, 11) is -9.44. The molecule has 14 heteroatoms. The molecule has 0 saturated heterocycles. The Bertz CT molecular complexity index is 1610. The van der Waals surface area contributed by atoms with Crippen molar-refractivity contribution in [1.29, 1.82) is 0 Å². The molecule has 0 bridgehead atoms. The molecule has 2 N–H and O–H groups in total. The Morgan fingerprint density at radius 2 is 0.868 bits per heavy atom. The van der Waals surface area contributed by atoms with Crippen LogP contribution in [0.2, 0.25) is 0 Å². The van der Waals surface area contributed by atoms with E-state index in [1.54, 1.807) is 36.4 Å². The number of rotatable bonds is 7. The number of benzene rings is 4. The Kier molecular flexibility index (Phi) is 11.1. The molecule has 0 aliphatic rings. The first-order valence-electron chi connectivity index (χ1n) is 10.5. The van der Waals surface area contributed by atoms with Crippen molar-refractivity contribution in [2.75, 3.05) is 10.6 Å². The number of fused-ring (bicyclic) bond motifs is 2. The summed E-state index contributed by atoms with van der Waals surface area (Å²) >= 11 is 0.